The van der Waals surface area contributed by atoms with Gasteiger partial charge in [-0.05, 0) is 64.2 Å². The van der Waals surface area contributed by atoms with Crippen molar-refractivity contribution in [3.8, 4) is 73.2 Å². The van der Waals surface area contributed by atoms with Gasteiger partial charge < -0.3 is 4.57 Å². The fourth-order valence-electron chi connectivity index (χ4n) is 9.34. The van der Waals surface area contributed by atoms with Crippen molar-refractivity contribution in [1.82, 2.24) is 24.5 Å². The average molecular weight is 865 g/mol. The molecule has 0 unspecified atom stereocenters. The van der Waals surface area contributed by atoms with Crippen molar-refractivity contribution in [3.63, 3.8) is 0 Å². The van der Waals surface area contributed by atoms with Crippen LogP contribution in [0.3, 0.4) is 0 Å². The first-order valence-corrected chi connectivity index (χ1v) is 22.5. The van der Waals surface area contributed by atoms with Crippen molar-refractivity contribution in [2.24, 2.45) is 0 Å². The lowest BCUT2D eigenvalue weighted by atomic mass is 9.97. The lowest BCUT2D eigenvalue weighted by molar-refractivity contribution is 1.07. The van der Waals surface area contributed by atoms with Gasteiger partial charge >= 0.3 is 0 Å². The number of aromatic nitrogens is 5. The molecule has 0 saturated heterocycles. The number of benzene rings is 9. The van der Waals surface area contributed by atoms with Crippen LogP contribution in [-0.4, -0.2) is 24.5 Å². The third-order valence-corrected chi connectivity index (χ3v) is 13.7. The van der Waals surface area contributed by atoms with Gasteiger partial charge in [0.1, 0.15) is 0 Å². The first kappa shape index (κ1) is 33.0. The molecule has 4 aromatic heterocycles. The molecule has 5 nitrogen and oxygen atoms in total. The summed E-state index contributed by atoms with van der Waals surface area (Å²) >= 11 is 1.66. The van der Waals surface area contributed by atoms with E-state index in [1.807, 2.05) is 48.7 Å². The normalized spacial score (nSPS) is 12.7. The summed E-state index contributed by atoms with van der Waals surface area (Å²) in [5, 5.41) is 5.29. The Morgan fingerprint density at radius 2 is 1.03 bits per heavy atom. The molecule has 0 saturated carbocycles. The van der Waals surface area contributed by atoms with Crippen LogP contribution >= 0.6 is 11.3 Å². The third kappa shape index (κ3) is 6.38. The molecule has 0 aliphatic heterocycles. The van der Waals surface area contributed by atoms with Crippen molar-refractivity contribution in [1.29, 1.82) is 0 Å². The van der Waals surface area contributed by atoms with Crippen molar-refractivity contribution in [2.45, 2.75) is 0 Å². The molecule has 13 aromatic rings. The quantitative estimate of drug-likeness (QED) is 0.160. The summed E-state index contributed by atoms with van der Waals surface area (Å²) < 4.78 is 48.0. The lowest BCUT2D eigenvalue weighted by Crippen LogP contribution is -2.01. The summed E-state index contributed by atoms with van der Waals surface area (Å²) in [6, 6.07) is 62.6. The molecule has 0 aliphatic rings. The van der Waals surface area contributed by atoms with Crippen LogP contribution in [0.15, 0.2) is 224 Å². The van der Waals surface area contributed by atoms with Gasteiger partial charge in [0.15, 0.2) is 17.5 Å². The molecular weight excluding hydrogens is 823 g/mol. The van der Waals surface area contributed by atoms with Gasteiger partial charge in [-0.15, -0.1) is 11.3 Å². The SMILES string of the molecule is [2H]c1c([2H])c([2H])c(-c2nc(-c3ccccc3)nc(-c3cc(-n4c5ccccc5c5ccc(-c6cccc7cccnc67)cc54)cc4c3sc3c(-c5cccc(-c6ccccc6)c5)cccc34)n2)c([2H])c1[2H]. The van der Waals surface area contributed by atoms with Gasteiger partial charge in [-0.2, -0.15) is 0 Å². The van der Waals surface area contributed by atoms with Crippen LogP contribution in [0.5, 0.6) is 0 Å². The molecule has 13 rings (SSSR count). The molecule has 0 bridgehead atoms. The molecule has 9 aromatic carbocycles. The molecule has 0 N–H and O–H groups in total. The summed E-state index contributed by atoms with van der Waals surface area (Å²) in [4.78, 5) is 20.0. The Hall–Kier alpha value is -8.58. The van der Waals surface area contributed by atoms with Crippen LogP contribution in [0.1, 0.15) is 6.85 Å². The number of rotatable bonds is 7. The van der Waals surface area contributed by atoms with Crippen molar-refractivity contribution in [2.75, 3.05) is 0 Å². The smallest absolute Gasteiger partial charge is 0.165 e. The monoisotopic (exact) mass is 864 g/mol. The van der Waals surface area contributed by atoms with Crippen molar-refractivity contribution < 1.29 is 6.85 Å². The van der Waals surface area contributed by atoms with E-state index in [0.717, 1.165) is 91.9 Å². The topological polar surface area (TPSA) is 56.5 Å². The Balaban J connectivity index is 1.13. The number of para-hydroxylation sites is 2. The van der Waals surface area contributed by atoms with Crippen molar-refractivity contribution >= 4 is 64.2 Å². The minimum absolute atomic E-state index is 0.0193. The summed E-state index contributed by atoms with van der Waals surface area (Å²) in [5.74, 6) is 0.588. The zero-order valence-electron chi connectivity index (χ0n) is 40.1. The Bertz CT molecular complexity index is 4270. The zero-order valence-corrected chi connectivity index (χ0v) is 35.9. The predicted octanol–water partition coefficient (Wildman–Crippen LogP) is 15.9. The predicted molar refractivity (Wildman–Crippen MR) is 275 cm³/mol. The van der Waals surface area contributed by atoms with E-state index in [4.69, 9.17) is 26.8 Å². The number of hydrogen-bond acceptors (Lipinski definition) is 5. The average Bonchev–Trinajstić information content (AvgIpc) is 3.97. The van der Waals surface area contributed by atoms with E-state index in [0.29, 0.717) is 22.8 Å². The lowest BCUT2D eigenvalue weighted by Gasteiger charge is -2.14. The first-order valence-electron chi connectivity index (χ1n) is 24.2. The van der Waals surface area contributed by atoms with E-state index in [-0.39, 0.29) is 11.4 Å². The van der Waals surface area contributed by atoms with Gasteiger partial charge in [-0.1, -0.05) is 182 Å². The summed E-state index contributed by atoms with van der Waals surface area (Å²) in [6.45, 7) is 0. The van der Waals surface area contributed by atoms with Crippen LogP contribution < -0.4 is 0 Å². The maximum absolute atomic E-state index is 9.03. The second kappa shape index (κ2) is 15.6. The van der Waals surface area contributed by atoms with Gasteiger partial charge in [0.05, 0.1) is 23.4 Å². The number of fused-ring (bicyclic) bond motifs is 7. The number of pyridine rings is 1. The fraction of sp³-hybridized carbons (Fsp3) is 0. The Morgan fingerprint density at radius 1 is 0.394 bits per heavy atom. The van der Waals surface area contributed by atoms with Gasteiger partial charge in [-0.3, -0.25) is 4.98 Å². The van der Waals surface area contributed by atoms with Crippen molar-refractivity contribution in [3.05, 3.63) is 224 Å². The van der Waals surface area contributed by atoms with Gasteiger partial charge in [-0.25, -0.2) is 15.0 Å². The highest BCUT2D eigenvalue weighted by Crippen LogP contribution is 2.46. The van der Waals surface area contributed by atoms with E-state index in [1.54, 1.807) is 11.3 Å². The molecule has 6 heteroatoms. The second-order valence-corrected chi connectivity index (χ2v) is 17.3. The maximum Gasteiger partial charge on any atom is 0.165 e. The third-order valence-electron chi connectivity index (χ3n) is 12.4. The molecule has 4 heterocycles. The summed E-state index contributed by atoms with van der Waals surface area (Å²) in [6.07, 6.45) is 1.84. The highest BCUT2D eigenvalue weighted by Gasteiger charge is 2.22. The molecule has 0 spiro atoms. The van der Waals surface area contributed by atoms with Gasteiger partial charge in [0.25, 0.3) is 0 Å². The van der Waals surface area contributed by atoms with Crippen LogP contribution in [0.4, 0.5) is 0 Å². The molecule has 0 amide bonds. The fourth-order valence-corrected chi connectivity index (χ4v) is 10.7. The minimum atomic E-state index is -0.489. The van der Waals surface area contributed by atoms with E-state index < -0.39 is 30.2 Å². The largest absolute Gasteiger partial charge is 0.309 e. The number of nitrogens with zero attached hydrogens (tertiary/aromatic N) is 5. The standard InChI is InChI=1S/C60H37N5S/c1-4-16-38(17-5-1)42-23-12-24-43(34-42)47-28-14-29-50-51-36-45(65-53-30-11-10-26-48(53)49-32-31-44(35-54(49)65)46-27-13-22-39-25-15-33-61-55(39)46)37-52(57(51)66-56(47)50)60-63-58(40-18-6-2-7-19-40)62-59(64-60)41-20-8-3-9-21-41/h1-37H/i2D,6D,7D,18D,19D. The highest BCUT2D eigenvalue weighted by atomic mass is 32.1. The van der Waals surface area contributed by atoms with Crippen LogP contribution in [-0.2, 0) is 0 Å². The van der Waals surface area contributed by atoms with Crippen LogP contribution in [0, 0.1) is 0 Å². The van der Waals surface area contributed by atoms with Crippen LogP contribution in [0.2, 0.25) is 0 Å². The number of hydrogen-bond donors (Lipinski definition) is 0. The summed E-state index contributed by atoms with van der Waals surface area (Å²) in [5.41, 5.74) is 11.6. The highest BCUT2D eigenvalue weighted by molar-refractivity contribution is 7.26. The molecular formula is C60H37N5S. The molecule has 308 valence electrons. The van der Waals surface area contributed by atoms with E-state index >= 15 is 0 Å². The van der Waals surface area contributed by atoms with E-state index in [9.17, 15) is 0 Å². The van der Waals surface area contributed by atoms with E-state index in [2.05, 4.69) is 150 Å². The van der Waals surface area contributed by atoms with E-state index in [1.165, 1.54) is 0 Å². The minimum Gasteiger partial charge on any atom is -0.309 e. The molecule has 66 heavy (non-hydrogen) atoms. The Kier molecular flexibility index (Phi) is 7.80. The summed E-state index contributed by atoms with van der Waals surface area (Å²) in [7, 11) is 0. The molecule has 0 atom stereocenters. The Morgan fingerprint density at radius 3 is 1.89 bits per heavy atom. The van der Waals surface area contributed by atoms with Crippen LogP contribution in [0.25, 0.3) is 126 Å². The molecule has 0 fully saturated rings. The maximum atomic E-state index is 9.03. The molecule has 0 radical (unpaired) electrons. The zero-order chi connectivity index (χ0) is 47.9. The van der Waals surface area contributed by atoms with Gasteiger partial charge in [0, 0.05) is 70.5 Å². The Labute approximate surface area is 391 Å². The first-order chi connectivity index (χ1) is 34.8. The molecule has 0 aliphatic carbocycles. The second-order valence-electron chi connectivity index (χ2n) is 16.2. The van der Waals surface area contributed by atoms with Gasteiger partial charge in [0.2, 0.25) is 0 Å². The number of thiophene rings is 1.